The van der Waals surface area contributed by atoms with Crippen LogP contribution in [-0.4, -0.2) is 78.2 Å². The van der Waals surface area contributed by atoms with Crippen LogP contribution in [0.25, 0.3) is 11.2 Å². The molecule has 1 fully saturated rings. The number of ether oxygens (including phenoxy) is 3. The molecule has 21 heteroatoms. The molecule has 18 nitrogen and oxygen atoms in total. The highest BCUT2D eigenvalue weighted by Gasteiger charge is 2.48. The summed E-state index contributed by atoms with van der Waals surface area (Å²) in [5.41, 5.74) is -0.299. The van der Waals surface area contributed by atoms with Crippen LogP contribution in [0.5, 0.6) is 0 Å². The van der Waals surface area contributed by atoms with Crippen LogP contribution >= 0.6 is 23.5 Å². The number of phosphoric ester groups is 1. The van der Waals surface area contributed by atoms with Crippen molar-refractivity contribution in [2.45, 2.75) is 31.5 Å². The molecule has 5 N–H and O–H groups in total. The lowest BCUT2D eigenvalue weighted by molar-refractivity contribution is -0.0577. The van der Waals surface area contributed by atoms with Crippen molar-refractivity contribution in [3.8, 4) is 0 Å². The highest BCUT2D eigenvalue weighted by Crippen LogP contribution is 2.66. The van der Waals surface area contributed by atoms with Gasteiger partial charge < -0.3 is 38.8 Å². The number of nitrogens with one attached hydrogen (secondary N) is 1. The number of aryl methyl sites for hydroxylation is 1. The SMILES string of the molecule is COC1[C@@H](OC)[C@@H](COP(=O)(O)OP(=O)(O)OP(=O)(O)O)O[C@H]1n1cnc2c(=O)[nH]c(C)nc21. The first-order chi connectivity index (χ1) is 15.7. The number of rotatable bonds is 10. The second-order valence-electron chi connectivity index (χ2n) is 6.83. The van der Waals surface area contributed by atoms with Crippen molar-refractivity contribution in [1.29, 1.82) is 0 Å². The van der Waals surface area contributed by atoms with Crippen LogP contribution in [0.1, 0.15) is 12.1 Å². The molecule has 0 amide bonds. The molecule has 0 radical (unpaired) electrons. The maximum atomic E-state index is 12.1. The zero-order chi connectivity index (χ0) is 25.5. The standard InChI is InChI=1S/C13H21N4O14P3/c1-6-15-11-8(12(18)16-6)14-5-17(11)13-10(27-3)9(26-2)7(29-13)4-28-33(22,23)31-34(24,25)30-32(19,20)21/h5,7,9-10,13H,4H2,1-3H3,(H,22,23)(H,24,25)(H,15,16,18)(H2,19,20,21)/t7-,9+,10?,13-/m1/s1. The van der Waals surface area contributed by atoms with E-state index < -0.39 is 60.2 Å². The molecule has 0 saturated carbocycles. The van der Waals surface area contributed by atoms with E-state index in [-0.39, 0.29) is 11.2 Å². The lowest BCUT2D eigenvalue weighted by Gasteiger charge is -2.22. The van der Waals surface area contributed by atoms with Crippen molar-refractivity contribution in [3.63, 3.8) is 0 Å². The number of imidazole rings is 1. The van der Waals surface area contributed by atoms with Gasteiger partial charge in [-0.15, -0.1) is 0 Å². The van der Waals surface area contributed by atoms with E-state index in [0.717, 1.165) is 0 Å². The molecule has 1 aliphatic rings. The van der Waals surface area contributed by atoms with Crippen molar-refractivity contribution in [3.05, 3.63) is 22.5 Å². The number of nitrogens with zero attached hydrogens (tertiary/aromatic N) is 3. The van der Waals surface area contributed by atoms with Crippen molar-refractivity contribution in [2.75, 3.05) is 20.8 Å². The molecule has 1 saturated heterocycles. The number of fused-ring (bicyclic) bond motifs is 1. The summed E-state index contributed by atoms with van der Waals surface area (Å²) in [7, 11) is -14.0. The molecule has 0 spiro atoms. The molecule has 0 bridgehead atoms. The lowest BCUT2D eigenvalue weighted by Crippen LogP contribution is -2.37. The fourth-order valence-corrected chi connectivity index (χ4v) is 6.33. The molecule has 6 atom stereocenters. The quantitative estimate of drug-likeness (QED) is 0.238. The third kappa shape index (κ3) is 6.25. The zero-order valence-corrected chi connectivity index (χ0v) is 20.3. The van der Waals surface area contributed by atoms with Crippen LogP contribution < -0.4 is 5.56 Å². The van der Waals surface area contributed by atoms with E-state index in [0.29, 0.717) is 5.82 Å². The third-order valence-electron chi connectivity index (χ3n) is 4.47. The molecule has 2 aromatic heterocycles. The van der Waals surface area contributed by atoms with E-state index in [1.807, 2.05) is 0 Å². The minimum Gasteiger partial charge on any atom is -0.376 e. The van der Waals surface area contributed by atoms with Crippen LogP contribution in [0, 0.1) is 6.92 Å². The van der Waals surface area contributed by atoms with Gasteiger partial charge in [0.2, 0.25) is 0 Å². The number of hydrogen-bond donors (Lipinski definition) is 5. The third-order valence-corrected chi connectivity index (χ3v) is 8.28. The van der Waals surface area contributed by atoms with Crippen LogP contribution in [0.4, 0.5) is 0 Å². The number of phosphoric acid groups is 3. The number of H-pyrrole nitrogens is 1. The fourth-order valence-electron chi connectivity index (χ4n) is 3.30. The van der Waals surface area contributed by atoms with E-state index >= 15 is 0 Å². The van der Waals surface area contributed by atoms with E-state index in [1.54, 1.807) is 6.92 Å². The molecule has 3 unspecified atom stereocenters. The van der Waals surface area contributed by atoms with Crippen LogP contribution in [0.3, 0.4) is 0 Å². The average molecular weight is 550 g/mol. The first-order valence-corrected chi connectivity index (χ1v) is 13.6. The van der Waals surface area contributed by atoms with Crippen molar-refractivity contribution in [1.82, 2.24) is 19.5 Å². The van der Waals surface area contributed by atoms with Gasteiger partial charge in [-0.05, 0) is 6.92 Å². The Labute approximate surface area is 190 Å². The summed E-state index contributed by atoms with van der Waals surface area (Å²) in [4.78, 5) is 59.0. The molecule has 0 aromatic carbocycles. The maximum Gasteiger partial charge on any atom is 0.490 e. The monoisotopic (exact) mass is 550 g/mol. The van der Waals surface area contributed by atoms with Gasteiger partial charge in [-0.2, -0.15) is 8.62 Å². The summed E-state index contributed by atoms with van der Waals surface area (Å²) >= 11 is 0. The van der Waals surface area contributed by atoms with Crippen molar-refractivity contribution < 1.29 is 60.6 Å². The lowest BCUT2D eigenvalue weighted by atomic mass is 10.1. The summed E-state index contributed by atoms with van der Waals surface area (Å²) in [6.45, 7) is 0.795. The predicted molar refractivity (Wildman–Crippen MR) is 108 cm³/mol. The van der Waals surface area contributed by atoms with E-state index in [2.05, 4.69) is 28.1 Å². The van der Waals surface area contributed by atoms with E-state index in [9.17, 15) is 28.3 Å². The van der Waals surface area contributed by atoms with Gasteiger partial charge in [-0.25, -0.2) is 23.7 Å². The summed E-state index contributed by atoms with van der Waals surface area (Å²) in [5.74, 6) is 0.304. The Morgan fingerprint density at radius 1 is 1.09 bits per heavy atom. The van der Waals surface area contributed by atoms with Gasteiger partial charge in [-0.3, -0.25) is 13.9 Å². The Morgan fingerprint density at radius 3 is 2.32 bits per heavy atom. The molecule has 3 rings (SSSR count). The minimum atomic E-state index is -5.68. The Bertz CT molecular complexity index is 1240. The van der Waals surface area contributed by atoms with Crippen LogP contribution in [0.2, 0.25) is 0 Å². The summed E-state index contributed by atoms with van der Waals surface area (Å²) in [5, 5.41) is 0. The average Bonchev–Trinajstić information content (AvgIpc) is 3.23. The zero-order valence-electron chi connectivity index (χ0n) is 17.6. The first-order valence-electron chi connectivity index (χ1n) is 9.09. The smallest absolute Gasteiger partial charge is 0.376 e. The maximum absolute atomic E-state index is 12.1. The van der Waals surface area contributed by atoms with Gasteiger partial charge in [0.15, 0.2) is 17.4 Å². The highest BCUT2D eigenvalue weighted by molar-refractivity contribution is 7.66. The molecule has 3 heterocycles. The summed E-state index contributed by atoms with van der Waals surface area (Å²) < 4.78 is 64.2. The highest BCUT2D eigenvalue weighted by atomic mass is 31.3. The number of methoxy groups -OCH3 is 2. The van der Waals surface area contributed by atoms with Gasteiger partial charge in [0, 0.05) is 14.2 Å². The van der Waals surface area contributed by atoms with Gasteiger partial charge in [-0.1, -0.05) is 0 Å². The molecular formula is C13H21N4O14P3. The van der Waals surface area contributed by atoms with Gasteiger partial charge >= 0.3 is 23.5 Å². The Hall–Kier alpha value is -1.36. The molecule has 34 heavy (non-hydrogen) atoms. The van der Waals surface area contributed by atoms with E-state index in [4.69, 9.17) is 24.0 Å². The van der Waals surface area contributed by atoms with Crippen molar-refractivity contribution >= 4 is 34.6 Å². The van der Waals surface area contributed by atoms with Gasteiger partial charge in [0.25, 0.3) is 5.56 Å². The largest absolute Gasteiger partial charge is 0.490 e. The molecule has 192 valence electrons. The van der Waals surface area contributed by atoms with Crippen LogP contribution in [-0.2, 0) is 41.1 Å². The number of aromatic nitrogens is 4. The Morgan fingerprint density at radius 2 is 1.74 bits per heavy atom. The second-order valence-corrected chi connectivity index (χ2v) is 11.2. The van der Waals surface area contributed by atoms with Crippen molar-refractivity contribution in [2.24, 2.45) is 0 Å². The molecule has 0 aliphatic carbocycles. The predicted octanol–water partition coefficient (Wildman–Crippen LogP) is -0.301. The topological polar surface area (TPSA) is 251 Å². The molecule has 2 aromatic rings. The van der Waals surface area contributed by atoms with E-state index in [1.165, 1.54) is 25.1 Å². The number of aromatic amines is 1. The molecular weight excluding hydrogens is 529 g/mol. The fraction of sp³-hybridized carbons (Fsp3) is 0.615. The Kier molecular flexibility index (Phi) is 7.97. The molecule has 1 aliphatic heterocycles. The van der Waals surface area contributed by atoms with Gasteiger partial charge in [0.05, 0.1) is 12.9 Å². The number of hydrogen-bond acceptors (Lipinski definition) is 12. The van der Waals surface area contributed by atoms with Crippen LogP contribution in [0.15, 0.2) is 11.1 Å². The van der Waals surface area contributed by atoms with Gasteiger partial charge in [0.1, 0.15) is 24.1 Å². The first kappa shape index (κ1) is 27.2. The summed E-state index contributed by atoms with van der Waals surface area (Å²) in [6.07, 6.45) is -2.64. The summed E-state index contributed by atoms with van der Waals surface area (Å²) in [6, 6.07) is 0. The minimum absolute atomic E-state index is 0.0229. The second kappa shape index (κ2) is 9.95. The Balaban J connectivity index is 1.80. The normalized spacial score (nSPS) is 27.0.